The maximum atomic E-state index is 11.7. The van der Waals surface area contributed by atoms with Gasteiger partial charge in [0, 0.05) is 45.0 Å². The van der Waals surface area contributed by atoms with E-state index in [1.54, 1.807) is 7.11 Å². The minimum Gasteiger partial charge on any atom is -0.375 e. The second-order valence-electron chi connectivity index (χ2n) is 4.72. The molecule has 0 spiro atoms. The van der Waals surface area contributed by atoms with Crippen molar-refractivity contribution in [2.75, 3.05) is 44.8 Å². The van der Waals surface area contributed by atoms with E-state index in [1.807, 2.05) is 24.8 Å². The molecule has 0 unspecified atom stereocenters. The van der Waals surface area contributed by atoms with Gasteiger partial charge in [0.2, 0.25) is 5.91 Å². The molecule has 0 atom stereocenters. The molecule has 0 N–H and O–H groups in total. The number of hydrogen-bond acceptors (Lipinski definition) is 5. The van der Waals surface area contributed by atoms with Crippen LogP contribution in [-0.2, 0) is 9.53 Å². The second kappa shape index (κ2) is 5.97. The quantitative estimate of drug-likeness (QED) is 0.790. The third-order valence-corrected chi connectivity index (χ3v) is 3.18. The van der Waals surface area contributed by atoms with E-state index in [9.17, 15) is 4.79 Å². The van der Waals surface area contributed by atoms with Gasteiger partial charge in [-0.3, -0.25) is 4.79 Å². The first kappa shape index (κ1) is 13.7. The van der Waals surface area contributed by atoms with E-state index >= 15 is 0 Å². The molecule has 19 heavy (non-hydrogen) atoms. The lowest BCUT2D eigenvalue weighted by Crippen LogP contribution is -2.50. The number of hydrogen-bond donors (Lipinski definition) is 0. The number of piperazine rings is 1. The monoisotopic (exact) mass is 264 g/mol. The van der Waals surface area contributed by atoms with Crippen LogP contribution in [0.15, 0.2) is 6.07 Å². The molecule has 1 saturated heterocycles. The summed E-state index contributed by atoms with van der Waals surface area (Å²) in [6.45, 7) is 7.04. The van der Waals surface area contributed by atoms with E-state index in [-0.39, 0.29) is 12.5 Å². The third-order valence-electron chi connectivity index (χ3n) is 3.18. The van der Waals surface area contributed by atoms with Crippen LogP contribution in [0.25, 0.3) is 0 Å². The number of ether oxygens (including phenoxy) is 1. The fourth-order valence-corrected chi connectivity index (χ4v) is 2.26. The van der Waals surface area contributed by atoms with Gasteiger partial charge >= 0.3 is 0 Å². The number of carbonyl (C=O) groups excluding carboxylic acids is 1. The number of amides is 1. The zero-order chi connectivity index (χ0) is 13.8. The maximum Gasteiger partial charge on any atom is 0.248 e. The number of aryl methyl sites for hydroxylation is 2. The van der Waals surface area contributed by atoms with Crippen molar-refractivity contribution in [1.82, 2.24) is 14.9 Å². The van der Waals surface area contributed by atoms with Gasteiger partial charge in [0.05, 0.1) is 0 Å². The molecule has 2 rings (SSSR count). The fourth-order valence-electron chi connectivity index (χ4n) is 2.26. The summed E-state index contributed by atoms with van der Waals surface area (Å²) in [6.07, 6.45) is 0. The number of carbonyl (C=O) groups is 1. The van der Waals surface area contributed by atoms with Crippen molar-refractivity contribution in [3.63, 3.8) is 0 Å². The highest BCUT2D eigenvalue weighted by atomic mass is 16.5. The van der Waals surface area contributed by atoms with Crippen molar-refractivity contribution >= 4 is 11.7 Å². The summed E-state index contributed by atoms with van der Waals surface area (Å²) in [5, 5.41) is 0. The van der Waals surface area contributed by atoms with Crippen molar-refractivity contribution in [2.45, 2.75) is 13.8 Å². The molecular weight excluding hydrogens is 244 g/mol. The van der Waals surface area contributed by atoms with Crippen LogP contribution < -0.4 is 4.90 Å². The highest BCUT2D eigenvalue weighted by Crippen LogP contribution is 2.15. The molecule has 1 aromatic heterocycles. The summed E-state index contributed by atoms with van der Waals surface area (Å²) in [6, 6.07) is 1.99. The standard InChI is InChI=1S/C13H20N4O2/c1-10-8-12(15-11(2)14-10)16-4-6-17(7-5-16)13(18)9-19-3/h8H,4-7,9H2,1-3H3. The molecule has 1 aliphatic rings. The smallest absolute Gasteiger partial charge is 0.248 e. The van der Waals surface area contributed by atoms with Crippen molar-refractivity contribution in [1.29, 1.82) is 0 Å². The van der Waals surface area contributed by atoms with Gasteiger partial charge < -0.3 is 14.5 Å². The van der Waals surface area contributed by atoms with Gasteiger partial charge in [-0.1, -0.05) is 0 Å². The largest absolute Gasteiger partial charge is 0.375 e. The van der Waals surface area contributed by atoms with Gasteiger partial charge in [-0.2, -0.15) is 0 Å². The Morgan fingerprint density at radius 3 is 2.53 bits per heavy atom. The molecule has 104 valence electrons. The Bertz CT molecular complexity index is 436. The van der Waals surface area contributed by atoms with Crippen molar-refractivity contribution in [3.8, 4) is 0 Å². The Labute approximate surface area is 113 Å². The zero-order valence-corrected chi connectivity index (χ0v) is 11.7. The lowest BCUT2D eigenvalue weighted by atomic mass is 10.3. The maximum absolute atomic E-state index is 11.7. The van der Waals surface area contributed by atoms with Crippen LogP contribution in [0, 0.1) is 13.8 Å². The van der Waals surface area contributed by atoms with Crippen molar-refractivity contribution < 1.29 is 9.53 Å². The molecule has 1 amide bonds. The fraction of sp³-hybridized carbons (Fsp3) is 0.615. The predicted octanol–water partition coefficient (Wildman–Crippen LogP) is 0.388. The van der Waals surface area contributed by atoms with Crippen LogP contribution in [-0.4, -0.2) is 60.7 Å². The van der Waals surface area contributed by atoms with E-state index in [4.69, 9.17) is 4.74 Å². The van der Waals surface area contributed by atoms with Crippen LogP contribution in [0.4, 0.5) is 5.82 Å². The molecule has 1 fully saturated rings. The van der Waals surface area contributed by atoms with Gasteiger partial charge in [-0.25, -0.2) is 9.97 Å². The number of methoxy groups -OCH3 is 1. The predicted molar refractivity (Wildman–Crippen MR) is 72.2 cm³/mol. The van der Waals surface area contributed by atoms with E-state index < -0.39 is 0 Å². The molecule has 0 radical (unpaired) electrons. The Balaban J connectivity index is 1.97. The Morgan fingerprint density at radius 1 is 1.26 bits per heavy atom. The molecule has 0 aliphatic carbocycles. The molecule has 1 aromatic rings. The normalized spacial score (nSPS) is 15.7. The third kappa shape index (κ3) is 3.41. The topological polar surface area (TPSA) is 58.6 Å². The lowest BCUT2D eigenvalue weighted by Gasteiger charge is -2.35. The molecular formula is C13H20N4O2. The van der Waals surface area contributed by atoms with Crippen LogP contribution in [0.3, 0.4) is 0 Å². The first-order valence-electron chi connectivity index (χ1n) is 6.44. The Hall–Kier alpha value is -1.69. The first-order valence-corrected chi connectivity index (χ1v) is 6.44. The molecule has 6 heteroatoms. The van der Waals surface area contributed by atoms with Gasteiger partial charge in [0.15, 0.2) is 0 Å². The summed E-state index contributed by atoms with van der Waals surface area (Å²) < 4.78 is 4.87. The van der Waals surface area contributed by atoms with Gasteiger partial charge in [0.1, 0.15) is 18.2 Å². The minimum atomic E-state index is 0.0530. The van der Waals surface area contributed by atoms with Crippen LogP contribution in [0.5, 0.6) is 0 Å². The molecule has 1 aliphatic heterocycles. The first-order chi connectivity index (χ1) is 9.10. The van der Waals surface area contributed by atoms with Crippen molar-refractivity contribution in [3.05, 3.63) is 17.6 Å². The number of aromatic nitrogens is 2. The molecule has 0 saturated carbocycles. The Morgan fingerprint density at radius 2 is 1.95 bits per heavy atom. The van der Waals surface area contributed by atoms with Gasteiger partial charge in [-0.05, 0) is 13.8 Å². The number of rotatable bonds is 3. The van der Waals surface area contributed by atoms with Crippen LogP contribution >= 0.6 is 0 Å². The Kier molecular flexibility index (Phi) is 4.31. The average Bonchev–Trinajstić information content (AvgIpc) is 2.38. The molecule has 6 nitrogen and oxygen atoms in total. The second-order valence-corrected chi connectivity index (χ2v) is 4.72. The summed E-state index contributed by atoms with van der Waals surface area (Å²) in [5.41, 5.74) is 0.973. The number of nitrogens with zero attached hydrogens (tertiary/aromatic N) is 4. The van der Waals surface area contributed by atoms with Crippen LogP contribution in [0.2, 0.25) is 0 Å². The summed E-state index contributed by atoms with van der Waals surface area (Å²) in [5.74, 6) is 1.79. The molecule has 2 heterocycles. The average molecular weight is 264 g/mol. The summed E-state index contributed by atoms with van der Waals surface area (Å²) in [7, 11) is 1.54. The van der Waals surface area contributed by atoms with Gasteiger partial charge in [-0.15, -0.1) is 0 Å². The highest BCUT2D eigenvalue weighted by Gasteiger charge is 2.21. The number of anilines is 1. The molecule has 0 aromatic carbocycles. The summed E-state index contributed by atoms with van der Waals surface area (Å²) in [4.78, 5) is 24.5. The minimum absolute atomic E-state index is 0.0530. The van der Waals surface area contributed by atoms with E-state index in [0.29, 0.717) is 13.1 Å². The van der Waals surface area contributed by atoms with E-state index in [0.717, 1.165) is 30.4 Å². The molecule has 0 bridgehead atoms. The van der Waals surface area contributed by atoms with Crippen LogP contribution in [0.1, 0.15) is 11.5 Å². The highest BCUT2D eigenvalue weighted by molar-refractivity contribution is 5.77. The van der Waals surface area contributed by atoms with E-state index in [1.165, 1.54) is 0 Å². The summed E-state index contributed by atoms with van der Waals surface area (Å²) >= 11 is 0. The SMILES string of the molecule is COCC(=O)N1CCN(c2cc(C)nc(C)n2)CC1. The van der Waals surface area contributed by atoms with E-state index in [2.05, 4.69) is 14.9 Å². The zero-order valence-electron chi connectivity index (χ0n) is 11.7. The van der Waals surface area contributed by atoms with Crippen molar-refractivity contribution in [2.24, 2.45) is 0 Å². The lowest BCUT2D eigenvalue weighted by molar-refractivity contribution is -0.135. The van der Waals surface area contributed by atoms with Gasteiger partial charge in [0.25, 0.3) is 0 Å².